The van der Waals surface area contributed by atoms with Gasteiger partial charge in [0.05, 0.1) is 23.4 Å². The van der Waals surface area contributed by atoms with Crippen LogP contribution in [0.1, 0.15) is 111 Å². The Balaban J connectivity index is 0.968. The fraction of sp³-hybridized carbons (Fsp3) is 0.411. The molecule has 0 radical (unpaired) electrons. The molecule has 6 aliphatic rings. The van der Waals surface area contributed by atoms with Gasteiger partial charge in [-0.2, -0.15) is 5.26 Å². The van der Waals surface area contributed by atoms with E-state index in [1.165, 1.54) is 72.4 Å². The zero-order chi connectivity index (χ0) is 40.2. The number of hydrogen-bond acceptors (Lipinski definition) is 4. The highest BCUT2D eigenvalue weighted by Crippen LogP contribution is 2.63. The van der Waals surface area contributed by atoms with Gasteiger partial charge in [-0.3, -0.25) is 0 Å². The molecule has 11 rings (SSSR count). The minimum atomic E-state index is 0.0758. The Hall–Kier alpha value is -5.45. The Bertz CT molecular complexity index is 2280. The maximum atomic E-state index is 10.1. The van der Waals surface area contributed by atoms with Gasteiger partial charge in [-0.25, -0.2) is 0 Å². The molecule has 0 spiro atoms. The van der Waals surface area contributed by atoms with Crippen LogP contribution in [0.3, 0.4) is 0 Å². The molecule has 0 aromatic heterocycles. The molecule has 5 saturated carbocycles. The lowest BCUT2D eigenvalue weighted by molar-refractivity contribution is 0.161. The number of nitriles is 1. The van der Waals surface area contributed by atoms with Crippen molar-refractivity contribution in [3.8, 4) is 29.9 Å². The maximum absolute atomic E-state index is 10.1. The third-order valence-corrected chi connectivity index (χ3v) is 16.3. The first-order valence-electron chi connectivity index (χ1n) is 23.2. The summed E-state index contributed by atoms with van der Waals surface area (Å²) in [6.07, 6.45) is 20.0. The molecule has 0 N–H and O–H groups in total. The molecule has 0 bridgehead atoms. The normalized spacial score (nSPS) is 31.4. The van der Waals surface area contributed by atoms with Crippen LogP contribution < -0.4 is 14.5 Å². The number of ether oxygens (including phenoxy) is 1. The summed E-state index contributed by atoms with van der Waals surface area (Å²) < 4.78 is 7.03. The summed E-state index contributed by atoms with van der Waals surface area (Å²) in [5.41, 5.74) is 9.11. The van der Waals surface area contributed by atoms with Gasteiger partial charge < -0.3 is 14.5 Å². The lowest BCUT2D eigenvalue weighted by atomic mass is 9.70. The van der Waals surface area contributed by atoms with Crippen LogP contribution in [0, 0.1) is 59.2 Å². The van der Waals surface area contributed by atoms with Gasteiger partial charge in [-0.15, -0.1) is 12.3 Å². The summed E-state index contributed by atoms with van der Waals surface area (Å²) in [6.45, 7) is 0. The number of nitrogens with zero attached hydrogens (tertiary/aromatic N) is 3. The first kappa shape index (κ1) is 37.5. The number of anilines is 4. The van der Waals surface area contributed by atoms with Crippen LogP contribution in [0.2, 0.25) is 0 Å². The molecule has 5 aliphatic carbocycles. The lowest BCUT2D eigenvalue weighted by Crippen LogP contribution is -2.42. The van der Waals surface area contributed by atoms with E-state index in [-0.39, 0.29) is 17.8 Å². The third-order valence-electron chi connectivity index (χ3n) is 16.3. The summed E-state index contributed by atoms with van der Waals surface area (Å²) in [6, 6.07) is 51.3. The van der Waals surface area contributed by atoms with E-state index in [1.807, 2.05) is 0 Å². The van der Waals surface area contributed by atoms with E-state index in [0.717, 1.165) is 50.0 Å². The van der Waals surface area contributed by atoms with E-state index < -0.39 is 0 Å². The third kappa shape index (κ3) is 6.50. The molecule has 60 heavy (non-hydrogen) atoms. The quantitative estimate of drug-likeness (QED) is 0.154. The second-order valence-corrected chi connectivity index (χ2v) is 19.1. The summed E-state index contributed by atoms with van der Waals surface area (Å²) in [5.74, 6) is 9.31. The van der Waals surface area contributed by atoms with Gasteiger partial charge in [0.25, 0.3) is 0 Å². The summed E-state index contributed by atoms with van der Waals surface area (Å²) >= 11 is 0. The van der Waals surface area contributed by atoms with E-state index in [1.54, 1.807) is 5.56 Å². The van der Waals surface area contributed by atoms with Crippen molar-refractivity contribution in [2.24, 2.45) is 35.5 Å². The first-order chi connectivity index (χ1) is 29.7. The summed E-state index contributed by atoms with van der Waals surface area (Å²) in [4.78, 5) is 5.37. The van der Waals surface area contributed by atoms with Crippen molar-refractivity contribution in [2.45, 2.75) is 107 Å². The van der Waals surface area contributed by atoms with Crippen LogP contribution in [-0.2, 0) is 0 Å². The van der Waals surface area contributed by atoms with Gasteiger partial charge in [-0.1, -0.05) is 91.7 Å². The van der Waals surface area contributed by atoms with Crippen LogP contribution >= 0.6 is 0 Å². The molecule has 4 heteroatoms. The van der Waals surface area contributed by atoms with E-state index in [2.05, 4.69) is 149 Å². The maximum Gasteiger partial charge on any atom is 0.151 e. The zero-order valence-corrected chi connectivity index (χ0v) is 34.8. The monoisotopic (exact) mass is 787 g/mol. The lowest BCUT2D eigenvalue weighted by Gasteiger charge is -2.46. The van der Waals surface area contributed by atoms with E-state index in [4.69, 9.17) is 11.2 Å². The largest absolute Gasteiger partial charge is 0.453 e. The second kappa shape index (κ2) is 15.9. The van der Waals surface area contributed by atoms with Crippen molar-refractivity contribution in [2.75, 3.05) is 9.80 Å². The topological polar surface area (TPSA) is 39.5 Å². The molecule has 5 aromatic rings. The Morgan fingerprint density at radius 3 is 1.70 bits per heavy atom. The van der Waals surface area contributed by atoms with Gasteiger partial charge in [0.1, 0.15) is 0 Å². The molecule has 0 saturated heterocycles. The molecule has 302 valence electrons. The number of para-hydroxylation sites is 2. The predicted octanol–water partition coefficient (Wildman–Crippen LogP) is 14.1. The molecule has 1 heterocycles. The zero-order valence-electron chi connectivity index (χ0n) is 34.8. The van der Waals surface area contributed by atoms with Crippen molar-refractivity contribution in [1.82, 2.24) is 0 Å². The molecular weight excluding hydrogens is 731 g/mol. The summed E-state index contributed by atoms with van der Waals surface area (Å²) in [7, 11) is 0. The number of fused-ring (bicyclic) bond motifs is 5. The van der Waals surface area contributed by atoms with Crippen molar-refractivity contribution in [3.05, 3.63) is 144 Å². The Labute approximate surface area is 357 Å². The fourth-order valence-corrected chi connectivity index (χ4v) is 13.8. The average Bonchev–Trinajstić information content (AvgIpc) is 4.07. The Morgan fingerprint density at radius 1 is 0.550 bits per heavy atom. The second-order valence-electron chi connectivity index (χ2n) is 19.1. The van der Waals surface area contributed by atoms with Gasteiger partial charge >= 0.3 is 0 Å². The number of hydrogen-bond donors (Lipinski definition) is 0. The Morgan fingerprint density at radius 2 is 1.10 bits per heavy atom. The van der Waals surface area contributed by atoms with Crippen molar-refractivity contribution in [1.29, 1.82) is 5.26 Å². The molecule has 5 aromatic carbocycles. The van der Waals surface area contributed by atoms with Gasteiger partial charge in [0.15, 0.2) is 11.5 Å². The van der Waals surface area contributed by atoms with Crippen LogP contribution in [0.15, 0.2) is 127 Å². The number of benzene rings is 5. The van der Waals surface area contributed by atoms with E-state index in [9.17, 15) is 5.26 Å². The number of terminal acetylenes is 1. The first-order valence-corrected chi connectivity index (χ1v) is 23.2. The van der Waals surface area contributed by atoms with E-state index in [0.29, 0.717) is 47.6 Å². The molecule has 11 atom stereocenters. The standard InChI is InChI=1S/C56H57N3O/c1-2-37-16-12-22-46(37)39-24-30-52-54(32-39)60-55-33-40(47-23-13-17-41(47)36-57)25-31-53(55)59(52)45-27-29-49-51(35-45)50-34-44(26-28-48(50)56(49)38-14-6-3-7-15-38)58(42-18-8-4-9-19-42)43-20-10-5-11-21-43/h1,3-11,14-15,18-21,24-25,30-33,37,41,44-51,56H,12-13,16-17,22-23,26-29,34-35H2. The van der Waals surface area contributed by atoms with Gasteiger partial charge in [0, 0.05) is 29.4 Å². The van der Waals surface area contributed by atoms with Gasteiger partial charge in [0.2, 0.25) is 0 Å². The highest BCUT2D eigenvalue weighted by Gasteiger charge is 2.55. The van der Waals surface area contributed by atoms with Crippen molar-refractivity contribution >= 4 is 22.7 Å². The predicted molar refractivity (Wildman–Crippen MR) is 243 cm³/mol. The minimum Gasteiger partial charge on any atom is -0.453 e. The molecule has 0 amide bonds. The van der Waals surface area contributed by atoms with E-state index >= 15 is 0 Å². The average molecular weight is 788 g/mol. The smallest absolute Gasteiger partial charge is 0.151 e. The molecule has 11 unspecified atom stereocenters. The Kier molecular flexibility index (Phi) is 9.93. The summed E-state index contributed by atoms with van der Waals surface area (Å²) in [5, 5.41) is 10.1. The molecule has 5 fully saturated rings. The van der Waals surface area contributed by atoms with Gasteiger partial charge in [-0.05, 0) is 171 Å². The van der Waals surface area contributed by atoms with Crippen LogP contribution in [0.4, 0.5) is 22.7 Å². The molecular formula is C56H57N3O. The SMILES string of the molecule is C#CC1CCCC1c1ccc2c(c1)Oc1cc(C3CCCC3C#N)ccc1N2C1CCC2C(C1)C1CC(N(c3ccccc3)c3ccccc3)CCC1C2c1ccccc1. The minimum absolute atomic E-state index is 0.0758. The van der Waals surface area contributed by atoms with Crippen LogP contribution in [0.5, 0.6) is 11.5 Å². The van der Waals surface area contributed by atoms with Crippen molar-refractivity contribution in [3.63, 3.8) is 0 Å². The number of rotatable bonds is 7. The highest BCUT2D eigenvalue weighted by molar-refractivity contribution is 5.79. The van der Waals surface area contributed by atoms with Crippen LogP contribution in [-0.4, -0.2) is 12.1 Å². The highest BCUT2D eigenvalue weighted by atomic mass is 16.5. The molecule has 1 aliphatic heterocycles. The van der Waals surface area contributed by atoms with Crippen molar-refractivity contribution < 1.29 is 4.74 Å². The molecule has 4 nitrogen and oxygen atoms in total. The van der Waals surface area contributed by atoms with Crippen LogP contribution in [0.25, 0.3) is 0 Å². The fourth-order valence-electron chi connectivity index (χ4n) is 13.8.